The second-order valence-corrected chi connectivity index (χ2v) is 8.53. The highest BCUT2D eigenvalue weighted by atomic mass is 31.2. The van der Waals surface area contributed by atoms with Crippen molar-refractivity contribution in [3.63, 3.8) is 0 Å². The monoisotopic (exact) mass is 427 g/mol. The first-order valence-electron chi connectivity index (χ1n) is 9.43. The Morgan fingerprint density at radius 3 is 2.79 bits per heavy atom. The number of ether oxygens (including phenoxy) is 3. The SMILES string of the molecule is COc1nc(N)nc2c1ncn2C1OC(COP(OC)OC(C)C)C[C@]12CCO2. The maximum absolute atomic E-state index is 6.32. The van der Waals surface area contributed by atoms with Crippen LogP contribution in [0.15, 0.2) is 6.33 Å². The third kappa shape index (κ3) is 3.90. The van der Waals surface area contributed by atoms with Crippen LogP contribution in [-0.4, -0.2) is 64.8 Å². The van der Waals surface area contributed by atoms with Gasteiger partial charge in [-0.15, -0.1) is 0 Å². The van der Waals surface area contributed by atoms with Gasteiger partial charge in [0.05, 0.1) is 38.9 Å². The van der Waals surface area contributed by atoms with E-state index in [2.05, 4.69) is 15.0 Å². The van der Waals surface area contributed by atoms with E-state index in [1.165, 1.54) is 7.11 Å². The lowest BCUT2D eigenvalue weighted by Gasteiger charge is -2.42. The molecule has 2 aromatic heterocycles. The van der Waals surface area contributed by atoms with Crippen LogP contribution >= 0.6 is 8.60 Å². The van der Waals surface area contributed by atoms with Crippen LogP contribution in [0.3, 0.4) is 0 Å². The summed E-state index contributed by atoms with van der Waals surface area (Å²) in [6.07, 6.45) is 2.62. The van der Waals surface area contributed by atoms with Gasteiger partial charge >= 0.3 is 8.60 Å². The molecule has 12 heteroatoms. The van der Waals surface area contributed by atoms with Crippen LogP contribution in [0.25, 0.3) is 11.2 Å². The Kier molecular flexibility index (Phi) is 5.87. The second-order valence-electron chi connectivity index (χ2n) is 7.25. The topological polar surface area (TPSA) is 125 Å². The summed E-state index contributed by atoms with van der Waals surface area (Å²) in [6, 6.07) is 0. The first-order chi connectivity index (χ1) is 14.0. The molecule has 160 valence electrons. The fraction of sp³-hybridized carbons (Fsp3) is 0.706. The fourth-order valence-electron chi connectivity index (χ4n) is 3.64. The average Bonchev–Trinajstić information content (AvgIpc) is 3.25. The van der Waals surface area contributed by atoms with Crippen molar-refractivity contribution >= 4 is 25.7 Å². The number of nitrogens with zero attached hydrogens (tertiary/aromatic N) is 4. The summed E-state index contributed by atoms with van der Waals surface area (Å²) < 4.78 is 36.1. The highest BCUT2D eigenvalue weighted by Crippen LogP contribution is 2.50. The van der Waals surface area contributed by atoms with E-state index >= 15 is 0 Å². The third-order valence-electron chi connectivity index (χ3n) is 4.92. The van der Waals surface area contributed by atoms with Gasteiger partial charge in [0.1, 0.15) is 5.60 Å². The molecular formula is C17H26N5O6P. The van der Waals surface area contributed by atoms with Crippen LogP contribution in [0.5, 0.6) is 5.88 Å². The highest BCUT2D eigenvalue weighted by Gasteiger charge is 2.55. The summed E-state index contributed by atoms with van der Waals surface area (Å²) in [7, 11) is 1.66. The number of nitrogen functional groups attached to an aromatic ring is 1. The van der Waals surface area contributed by atoms with Crippen molar-refractivity contribution in [1.29, 1.82) is 0 Å². The lowest BCUT2D eigenvalue weighted by molar-refractivity contribution is -0.199. The molecule has 2 aliphatic heterocycles. The van der Waals surface area contributed by atoms with E-state index in [1.807, 2.05) is 18.4 Å². The molecule has 0 amide bonds. The molecule has 0 radical (unpaired) electrons. The van der Waals surface area contributed by atoms with E-state index in [0.29, 0.717) is 36.7 Å². The highest BCUT2D eigenvalue weighted by molar-refractivity contribution is 7.41. The molecule has 0 bridgehead atoms. The van der Waals surface area contributed by atoms with Crippen molar-refractivity contribution in [2.45, 2.75) is 50.7 Å². The van der Waals surface area contributed by atoms with E-state index < -0.39 is 20.4 Å². The Hall–Kier alpha value is -1.62. The van der Waals surface area contributed by atoms with Crippen LogP contribution in [0.4, 0.5) is 5.95 Å². The summed E-state index contributed by atoms with van der Waals surface area (Å²) in [5.74, 6) is 0.429. The molecule has 2 fully saturated rings. The molecule has 0 aliphatic carbocycles. The number of hydrogen-bond donors (Lipinski definition) is 1. The van der Waals surface area contributed by atoms with Crippen molar-refractivity contribution in [2.24, 2.45) is 0 Å². The quantitative estimate of drug-likeness (QED) is 0.627. The number of hydrogen-bond acceptors (Lipinski definition) is 10. The minimum Gasteiger partial charge on any atom is -0.479 e. The van der Waals surface area contributed by atoms with Gasteiger partial charge < -0.3 is 33.5 Å². The molecule has 1 spiro atoms. The molecule has 2 saturated heterocycles. The molecule has 2 N–H and O–H groups in total. The maximum atomic E-state index is 6.32. The number of rotatable bonds is 8. The largest absolute Gasteiger partial charge is 0.479 e. The summed E-state index contributed by atoms with van der Waals surface area (Å²) in [6.45, 7) is 4.88. The Morgan fingerprint density at radius 2 is 2.17 bits per heavy atom. The van der Waals surface area contributed by atoms with E-state index in [4.69, 9.17) is 33.5 Å². The van der Waals surface area contributed by atoms with Gasteiger partial charge in [-0.25, -0.2) is 4.98 Å². The molecule has 4 rings (SSSR count). The molecule has 29 heavy (non-hydrogen) atoms. The molecule has 3 unspecified atom stereocenters. The van der Waals surface area contributed by atoms with Gasteiger partial charge in [-0.3, -0.25) is 4.57 Å². The molecule has 4 atom stereocenters. The first kappa shape index (κ1) is 20.6. The number of methoxy groups -OCH3 is 1. The van der Waals surface area contributed by atoms with Crippen molar-refractivity contribution in [3.8, 4) is 5.88 Å². The Labute approximate surface area is 169 Å². The van der Waals surface area contributed by atoms with Crippen LogP contribution in [-0.2, 0) is 23.0 Å². The second kappa shape index (κ2) is 8.25. The predicted molar refractivity (Wildman–Crippen MR) is 104 cm³/mol. The summed E-state index contributed by atoms with van der Waals surface area (Å²) in [5.41, 5.74) is 6.45. The average molecular weight is 427 g/mol. The first-order valence-corrected chi connectivity index (χ1v) is 10.5. The smallest absolute Gasteiger partial charge is 0.332 e. The van der Waals surface area contributed by atoms with Crippen LogP contribution in [0, 0.1) is 0 Å². The van der Waals surface area contributed by atoms with Gasteiger partial charge in [-0.2, -0.15) is 9.97 Å². The Bertz CT molecular complexity index is 860. The molecular weight excluding hydrogens is 401 g/mol. The standard InChI is InChI=1S/C17H26N5O6P/c1-10(2)28-29(24-4)26-8-11-7-17(5-6-25-17)15(27-11)22-9-19-12-13(22)20-16(18)21-14(12)23-3/h9-11,15H,5-8H2,1-4H3,(H2,18,20,21)/t11?,15?,17-,29?/m1/s1. The number of fused-ring (bicyclic) bond motifs is 1. The Balaban J connectivity index is 1.55. The minimum atomic E-state index is -1.42. The fourth-order valence-corrected chi connectivity index (χ4v) is 4.53. The van der Waals surface area contributed by atoms with Gasteiger partial charge in [-0.05, 0) is 13.8 Å². The molecule has 4 heterocycles. The van der Waals surface area contributed by atoms with Crippen molar-refractivity contribution in [1.82, 2.24) is 19.5 Å². The van der Waals surface area contributed by atoms with E-state index in [-0.39, 0.29) is 18.2 Å². The normalized spacial score (nSPS) is 27.6. The number of imidazole rings is 1. The van der Waals surface area contributed by atoms with Gasteiger partial charge in [0, 0.05) is 20.0 Å². The molecule has 0 aromatic carbocycles. The van der Waals surface area contributed by atoms with E-state index in [0.717, 1.165) is 6.42 Å². The van der Waals surface area contributed by atoms with Crippen molar-refractivity contribution < 1.29 is 27.8 Å². The molecule has 2 aliphatic rings. The molecule has 0 saturated carbocycles. The van der Waals surface area contributed by atoms with Gasteiger partial charge in [0.15, 0.2) is 17.4 Å². The molecule has 11 nitrogen and oxygen atoms in total. The predicted octanol–water partition coefficient (Wildman–Crippen LogP) is 2.18. The van der Waals surface area contributed by atoms with E-state index in [1.54, 1.807) is 13.4 Å². The zero-order valence-corrected chi connectivity index (χ0v) is 17.8. The van der Waals surface area contributed by atoms with Crippen LogP contribution < -0.4 is 10.5 Å². The third-order valence-corrected chi connectivity index (χ3v) is 6.18. The van der Waals surface area contributed by atoms with Crippen molar-refractivity contribution in [2.75, 3.05) is 33.2 Å². The Morgan fingerprint density at radius 1 is 1.38 bits per heavy atom. The molecule has 2 aromatic rings. The van der Waals surface area contributed by atoms with E-state index in [9.17, 15) is 0 Å². The maximum Gasteiger partial charge on any atom is 0.332 e. The lowest BCUT2D eigenvalue weighted by Crippen LogP contribution is -2.48. The summed E-state index contributed by atoms with van der Waals surface area (Å²) in [4.78, 5) is 12.8. The summed E-state index contributed by atoms with van der Waals surface area (Å²) >= 11 is 0. The van der Waals surface area contributed by atoms with Crippen LogP contribution in [0.2, 0.25) is 0 Å². The van der Waals surface area contributed by atoms with Crippen LogP contribution in [0.1, 0.15) is 32.9 Å². The summed E-state index contributed by atoms with van der Waals surface area (Å²) in [5, 5.41) is 0. The number of aromatic nitrogens is 4. The van der Waals surface area contributed by atoms with Crippen molar-refractivity contribution in [3.05, 3.63) is 6.33 Å². The lowest BCUT2D eigenvalue weighted by atomic mass is 9.89. The van der Waals surface area contributed by atoms with Gasteiger partial charge in [-0.1, -0.05) is 0 Å². The number of nitrogens with two attached hydrogens (primary N) is 1. The minimum absolute atomic E-state index is 0.0112. The van der Waals surface area contributed by atoms with Gasteiger partial charge in [0.25, 0.3) is 0 Å². The number of anilines is 1. The zero-order chi connectivity index (χ0) is 20.6. The van der Waals surface area contributed by atoms with Gasteiger partial charge in [0.2, 0.25) is 11.8 Å². The zero-order valence-electron chi connectivity index (χ0n) is 16.9.